The Morgan fingerprint density at radius 1 is 1.39 bits per heavy atom. The summed E-state index contributed by atoms with van der Waals surface area (Å²) >= 11 is 5.82. The lowest BCUT2D eigenvalue weighted by Crippen LogP contribution is -2.26. The van der Waals surface area contributed by atoms with E-state index in [0.717, 1.165) is 12.8 Å². The SMILES string of the molecule is CCC(CC)C(C)Nc1ccc(Cl)cc1C(=O)O. The first-order valence-corrected chi connectivity index (χ1v) is 6.66. The van der Waals surface area contributed by atoms with Gasteiger partial charge in [0.1, 0.15) is 0 Å². The number of halogens is 1. The first kappa shape index (κ1) is 14.8. The number of carbonyl (C=O) groups is 1. The van der Waals surface area contributed by atoms with Crippen LogP contribution in [0.5, 0.6) is 0 Å². The summed E-state index contributed by atoms with van der Waals surface area (Å²) in [5, 5.41) is 12.9. The van der Waals surface area contributed by atoms with E-state index in [1.807, 2.05) is 0 Å². The van der Waals surface area contributed by atoms with Gasteiger partial charge < -0.3 is 10.4 Å². The van der Waals surface area contributed by atoms with Gasteiger partial charge in [0.25, 0.3) is 0 Å². The fraction of sp³-hybridized carbons (Fsp3) is 0.500. The van der Waals surface area contributed by atoms with Crippen LogP contribution in [0.15, 0.2) is 18.2 Å². The second kappa shape index (κ2) is 6.64. The molecule has 1 aromatic rings. The minimum atomic E-state index is -0.961. The molecular weight excluding hydrogens is 250 g/mol. The number of carboxylic acid groups (broad SMARTS) is 1. The molecular formula is C14H20ClNO2. The third kappa shape index (κ3) is 3.64. The molecule has 1 atom stereocenters. The zero-order valence-corrected chi connectivity index (χ0v) is 11.8. The zero-order chi connectivity index (χ0) is 13.7. The van der Waals surface area contributed by atoms with E-state index in [1.54, 1.807) is 12.1 Å². The molecule has 0 spiro atoms. The van der Waals surface area contributed by atoms with Crippen molar-refractivity contribution in [3.8, 4) is 0 Å². The Kier molecular flexibility index (Phi) is 5.48. The van der Waals surface area contributed by atoms with Crippen molar-refractivity contribution in [2.75, 3.05) is 5.32 Å². The van der Waals surface area contributed by atoms with Gasteiger partial charge in [0.15, 0.2) is 0 Å². The summed E-state index contributed by atoms with van der Waals surface area (Å²) in [6.45, 7) is 6.37. The van der Waals surface area contributed by atoms with Crippen molar-refractivity contribution in [1.29, 1.82) is 0 Å². The third-order valence-corrected chi connectivity index (χ3v) is 3.59. The molecule has 0 aliphatic heterocycles. The van der Waals surface area contributed by atoms with E-state index in [4.69, 9.17) is 16.7 Å². The molecule has 4 heteroatoms. The van der Waals surface area contributed by atoms with Gasteiger partial charge in [0.05, 0.1) is 5.56 Å². The van der Waals surface area contributed by atoms with Crippen molar-refractivity contribution in [2.24, 2.45) is 5.92 Å². The monoisotopic (exact) mass is 269 g/mol. The van der Waals surface area contributed by atoms with Gasteiger partial charge in [-0.1, -0.05) is 38.3 Å². The second-order valence-corrected chi connectivity index (χ2v) is 4.94. The van der Waals surface area contributed by atoms with E-state index in [-0.39, 0.29) is 11.6 Å². The number of anilines is 1. The van der Waals surface area contributed by atoms with Crippen molar-refractivity contribution >= 4 is 23.3 Å². The molecule has 100 valence electrons. The number of nitrogens with one attached hydrogen (secondary N) is 1. The third-order valence-electron chi connectivity index (χ3n) is 3.35. The van der Waals surface area contributed by atoms with E-state index in [1.165, 1.54) is 6.07 Å². The Bertz CT molecular complexity index is 416. The maximum Gasteiger partial charge on any atom is 0.337 e. The minimum Gasteiger partial charge on any atom is -0.478 e. The first-order chi connectivity index (χ1) is 8.49. The van der Waals surface area contributed by atoms with Gasteiger partial charge in [-0.3, -0.25) is 0 Å². The van der Waals surface area contributed by atoms with E-state index in [0.29, 0.717) is 16.6 Å². The largest absolute Gasteiger partial charge is 0.478 e. The molecule has 1 rings (SSSR count). The molecule has 3 nitrogen and oxygen atoms in total. The van der Waals surface area contributed by atoms with Crippen LogP contribution in [-0.2, 0) is 0 Å². The standard InChI is InChI=1S/C14H20ClNO2/c1-4-10(5-2)9(3)16-13-7-6-11(15)8-12(13)14(17)18/h6-10,16H,4-5H2,1-3H3,(H,17,18). The summed E-state index contributed by atoms with van der Waals surface area (Å²) in [6.07, 6.45) is 2.14. The summed E-state index contributed by atoms with van der Waals surface area (Å²) in [6, 6.07) is 5.14. The van der Waals surface area contributed by atoms with Crippen LogP contribution >= 0.6 is 11.6 Å². The summed E-state index contributed by atoms with van der Waals surface area (Å²) < 4.78 is 0. The quantitative estimate of drug-likeness (QED) is 0.811. The molecule has 0 fully saturated rings. The minimum absolute atomic E-state index is 0.223. The Morgan fingerprint density at radius 3 is 2.50 bits per heavy atom. The number of hydrogen-bond acceptors (Lipinski definition) is 2. The van der Waals surface area contributed by atoms with Crippen LogP contribution in [0.1, 0.15) is 44.0 Å². The number of benzene rings is 1. The highest BCUT2D eigenvalue weighted by Crippen LogP contribution is 2.24. The van der Waals surface area contributed by atoms with E-state index >= 15 is 0 Å². The van der Waals surface area contributed by atoms with Crippen molar-refractivity contribution in [3.63, 3.8) is 0 Å². The molecule has 0 bridgehead atoms. The molecule has 0 aliphatic carbocycles. The van der Waals surface area contributed by atoms with Crippen LogP contribution in [0.25, 0.3) is 0 Å². The molecule has 0 saturated heterocycles. The lowest BCUT2D eigenvalue weighted by molar-refractivity contribution is 0.0698. The number of aromatic carboxylic acids is 1. The molecule has 1 unspecified atom stereocenters. The van der Waals surface area contributed by atoms with Gasteiger partial charge in [0, 0.05) is 16.8 Å². The van der Waals surface area contributed by atoms with Crippen molar-refractivity contribution < 1.29 is 9.90 Å². The molecule has 0 saturated carbocycles. The molecule has 18 heavy (non-hydrogen) atoms. The summed E-state index contributed by atoms with van der Waals surface area (Å²) in [4.78, 5) is 11.2. The highest BCUT2D eigenvalue weighted by Gasteiger charge is 2.17. The maximum absolute atomic E-state index is 11.2. The number of hydrogen-bond donors (Lipinski definition) is 2. The topological polar surface area (TPSA) is 49.3 Å². The fourth-order valence-electron chi connectivity index (χ4n) is 2.18. The number of rotatable bonds is 6. The molecule has 0 aliphatic rings. The summed E-state index contributed by atoms with van der Waals surface area (Å²) in [7, 11) is 0. The highest BCUT2D eigenvalue weighted by atomic mass is 35.5. The van der Waals surface area contributed by atoms with Gasteiger partial charge in [-0.05, 0) is 31.0 Å². The van der Waals surface area contributed by atoms with Gasteiger partial charge >= 0.3 is 5.97 Å². The van der Waals surface area contributed by atoms with Crippen LogP contribution in [0.4, 0.5) is 5.69 Å². The Balaban J connectivity index is 2.93. The normalized spacial score (nSPS) is 12.5. The Hall–Kier alpha value is -1.22. The van der Waals surface area contributed by atoms with E-state index in [2.05, 4.69) is 26.1 Å². The lowest BCUT2D eigenvalue weighted by atomic mass is 9.95. The van der Waals surface area contributed by atoms with Gasteiger partial charge in [-0.2, -0.15) is 0 Å². The lowest BCUT2D eigenvalue weighted by Gasteiger charge is -2.24. The highest BCUT2D eigenvalue weighted by molar-refractivity contribution is 6.31. The van der Waals surface area contributed by atoms with Crippen LogP contribution in [-0.4, -0.2) is 17.1 Å². The van der Waals surface area contributed by atoms with Crippen molar-refractivity contribution in [1.82, 2.24) is 0 Å². The summed E-state index contributed by atoms with van der Waals surface area (Å²) in [5.74, 6) is -0.431. The van der Waals surface area contributed by atoms with Gasteiger partial charge in [0.2, 0.25) is 0 Å². The van der Waals surface area contributed by atoms with Crippen LogP contribution in [0.2, 0.25) is 5.02 Å². The average molecular weight is 270 g/mol. The van der Waals surface area contributed by atoms with Crippen LogP contribution in [0.3, 0.4) is 0 Å². The molecule has 0 aromatic heterocycles. The molecule has 2 N–H and O–H groups in total. The van der Waals surface area contributed by atoms with Crippen LogP contribution in [0, 0.1) is 5.92 Å². The predicted octanol–water partition coefficient (Wildman–Crippen LogP) is 4.27. The smallest absolute Gasteiger partial charge is 0.337 e. The fourth-order valence-corrected chi connectivity index (χ4v) is 2.35. The molecule has 0 amide bonds. The Morgan fingerprint density at radius 2 is 2.00 bits per heavy atom. The van der Waals surface area contributed by atoms with E-state index < -0.39 is 5.97 Å². The van der Waals surface area contributed by atoms with Crippen molar-refractivity contribution in [3.05, 3.63) is 28.8 Å². The molecule has 1 aromatic carbocycles. The first-order valence-electron chi connectivity index (χ1n) is 6.28. The average Bonchev–Trinajstić information content (AvgIpc) is 2.32. The van der Waals surface area contributed by atoms with E-state index in [9.17, 15) is 4.79 Å². The maximum atomic E-state index is 11.2. The molecule has 0 radical (unpaired) electrons. The number of carboxylic acids is 1. The second-order valence-electron chi connectivity index (χ2n) is 4.50. The van der Waals surface area contributed by atoms with Crippen LogP contribution < -0.4 is 5.32 Å². The summed E-state index contributed by atoms with van der Waals surface area (Å²) in [5.41, 5.74) is 0.853. The van der Waals surface area contributed by atoms with Gasteiger partial charge in [-0.25, -0.2) is 4.79 Å². The van der Waals surface area contributed by atoms with Gasteiger partial charge in [-0.15, -0.1) is 0 Å². The Labute approximate surface area is 113 Å². The van der Waals surface area contributed by atoms with Crippen molar-refractivity contribution in [2.45, 2.75) is 39.7 Å². The zero-order valence-electron chi connectivity index (χ0n) is 11.0. The molecule has 0 heterocycles. The predicted molar refractivity (Wildman–Crippen MR) is 75.6 cm³/mol.